The van der Waals surface area contributed by atoms with Crippen LogP contribution in [0.25, 0.3) is 11.0 Å². The van der Waals surface area contributed by atoms with Crippen molar-refractivity contribution < 1.29 is 14.1 Å². The van der Waals surface area contributed by atoms with E-state index in [1.54, 1.807) is 13.2 Å². The van der Waals surface area contributed by atoms with Crippen LogP contribution in [-0.4, -0.2) is 33.1 Å². The van der Waals surface area contributed by atoms with Crippen LogP contribution in [0.2, 0.25) is 0 Å². The van der Waals surface area contributed by atoms with E-state index in [4.69, 9.17) is 9.26 Å². The SMILES string of the molecule is COc1cccc(NC(=O)CCc2nc(CSc3nc4cc(C)c(C)cc4[nH]3)no2)c1. The first kappa shape index (κ1) is 20.9. The number of aryl methyl sites for hydroxylation is 3. The minimum atomic E-state index is -0.129. The molecule has 4 rings (SSSR count). The van der Waals surface area contributed by atoms with E-state index in [0.717, 1.165) is 16.2 Å². The fourth-order valence-electron chi connectivity index (χ4n) is 3.04. The highest BCUT2D eigenvalue weighted by molar-refractivity contribution is 7.98. The van der Waals surface area contributed by atoms with Crippen LogP contribution in [0.4, 0.5) is 5.69 Å². The van der Waals surface area contributed by atoms with E-state index < -0.39 is 0 Å². The van der Waals surface area contributed by atoms with Crippen molar-refractivity contribution in [2.24, 2.45) is 0 Å². The summed E-state index contributed by atoms with van der Waals surface area (Å²) in [7, 11) is 1.59. The molecule has 31 heavy (non-hydrogen) atoms. The van der Waals surface area contributed by atoms with Gasteiger partial charge in [-0.1, -0.05) is 23.0 Å². The van der Waals surface area contributed by atoms with Crippen molar-refractivity contribution in [1.29, 1.82) is 0 Å². The minimum Gasteiger partial charge on any atom is -0.497 e. The number of carbonyl (C=O) groups is 1. The Morgan fingerprint density at radius 2 is 2.03 bits per heavy atom. The third-order valence-corrected chi connectivity index (χ3v) is 5.71. The van der Waals surface area contributed by atoms with Gasteiger partial charge in [-0.25, -0.2) is 4.98 Å². The topological polar surface area (TPSA) is 106 Å². The van der Waals surface area contributed by atoms with Gasteiger partial charge < -0.3 is 19.6 Å². The number of fused-ring (bicyclic) bond motifs is 1. The molecule has 2 aromatic heterocycles. The molecule has 0 saturated carbocycles. The fraction of sp³-hybridized carbons (Fsp3) is 0.273. The quantitative estimate of drug-likeness (QED) is 0.393. The number of anilines is 1. The van der Waals surface area contributed by atoms with Crippen molar-refractivity contribution in [2.75, 3.05) is 12.4 Å². The number of hydrogen-bond donors (Lipinski definition) is 2. The molecule has 0 aliphatic rings. The number of nitrogens with zero attached hydrogens (tertiary/aromatic N) is 3. The summed E-state index contributed by atoms with van der Waals surface area (Å²) in [6.45, 7) is 4.16. The molecule has 0 aliphatic heterocycles. The van der Waals surface area contributed by atoms with Gasteiger partial charge in [-0.15, -0.1) is 0 Å². The third kappa shape index (κ3) is 5.24. The van der Waals surface area contributed by atoms with Gasteiger partial charge in [-0.2, -0.15) is 4.98 Å². The number of ether oxygens (including phenoxy) is 1. The highest BCUT2D eigenvalue weighted by Gasteiger charge is 2.12. The lowest BCUT2D eigenvalue weighted by Crippen LogP contribution is -2.12. The summed E-state index contributed by atoms with van der Waals surface area (Å²) in [6.07, 6.45) is 0.616. The first-order chi connectivity index (χ1) is 15.0. The van der Waals surface area contributed by atoms with E-state index in [2.05, 4.69) is 51.4 Å². The highest BCUT2D eigenvalue weighted by Crippen LogP contribution is 2.24. The molecule has 0 atom stereocenters. The van der Waals surface area contributed by atoms with Crippen molar-refractivity contribution in [2.45, 2.75) is 37.6 Å². The van der Waals surface area contributed by atoms with Crippen LogP contribution in [0.1, 0.15) is 29.3 Å². The molecule has 0 aliphatic carbocycles. The first-order valence-electron chi connectivity index (χ1n) is 9.85. The van der Waals surface area contributed by atoms with Crippen LogP contribution in [0, 0.1) is 13.8 Å². The van der Waals surface area contributed by atoms with Crippen LogP contribution >= 0.6 is 11.8 Å². The zero-order valence-electron chi connectivity index (χ0n) is 17.6. The van der Waals surface area contributed by atoms with E-state index >= 15 is 0 Å². The van der Waals surface area contributed by atoms with Crippen LogP contribution < -0.4 is 10.1 Å². The predicted molar refractivity (Wildman–Crippen MR) is 119 cm³/mol. The second-order valence-electron chi connectivity index (χ2n) is 7.17. The maximum absolute atomic E-state index is 12.2. The van der Waals surface area contributed by atoms with Crippen molar-refractivity contribution in [3.05, 3.63) is 59.2 Å². The molecule has 0 spiro atoms. The average Bonchev–Trinajstić information content (AvgIpc) is 3.37. The Hall–Kier alpha value is -3.33. The van der Waals surface area contributed by atoms with E-state index in [-0.39, 0.29) is 12.3 Å². The number of amides is 1. The Kier molecular flexibility index (Phi) is 6.22. The zero-order valence-corrected chi connectivity index (χ0v) is 18.4. The molecule has 2 heterocycles. The molecule has 1 amide bonds. The molecule has 9 heteroatoms. The molecule has 0 unspecified atom stereocenters. The summed E-state index contributed by atoms with van der Waals surface area (Å²) in [6, 6.07) is 11.4. The van der Waals surface area contributed by atoms with Gasteiger partial charge in [-0.3, -0.25) is 4.79 Å². The molecule has 160 valence electrons. The van der Waals surface area contributed by atoms with Crippen molar-refractivity contribution in [3.8, 4) is 5.75 Å². The molecule has 8 nitrogen and oxygen atoms in total. The van der Waals surface area contributed by atoms with Crippen molar-refractivity contribution in [1.82, 2.24) is 20.1 Å². The Balaban J connectivity index is 1.28. The molecule has 2 N–H and O–H groups in total. The van der Waals surface area contributed by atoms with Crippen molar-refractivity contribution >= 4 is 34.4 Å². The second-order valence-corrected chi connectivity index (χ2v) is 8.13. The largest absolute Gasteiger partial charge is 0.497 e. The smallest absolute Gasteiger partial charge is 0.227 e. The standard InChI is InChI=1S/C22H23N5O3S/c1-13-9-17-18(10-14(13)2)25-22(24-17)31-12-19-26-21(30-27-19)8-7-20(28)23-15-5-4-6-16(11-15)29-3/h4-6,9-11H,7-8,12H2,1-3H3,(H,23,28)(H,24,25). The van der Waals surface area contributed by atoms with Crippen LogP contribution in [0.5, 0.6) is 5.75 Å². The number of aromatic nitrogens is 4. The Morgan fingerprint density at radius 1 is 1.19 bits per heavy atom. The number of carbonyl (C=O) groups excluding carboxylic acids is 1. The molecule has 0 radical (unpaired) electrons. The maximum atomic E-state index is 12.2. The monoisotopic (exact) mass is 437 g/mol. The number of hydrogen-bond acceptors (Lipinski definition) is 7. The predicted octanol–water partition coefficient (Wildman–Crippen LogP) is 4.43. The first-order valence-corrected chi connectivity index (χ1v) is 10.8. The van der Waals surface area contributed by atoms with Gasteiger partial charge in [0, 0.05) is 24.6 Å². The number of methoxy groups -OCH3 is 1. The molecule has 0 bridgehead atoms. The number of aromatic amines is 1. The van der Waals surface area contributed by atoms with E-state index in [1.807, 2.05) is 18.2 Å². The van der Waals surface area contributed by atoms with Gasteiger partial charge in [0.15, 0.2) is 11.0 Å². The number of benzene rings is 2. The Bertz CT molecular complexity index is 1180. The number of imidazole rings is 1. The van der Waals surface area contributed by atoms with Gasteiger partial charge in [0.05, 0.1) is 23.9 Å². The number of rotatable bonds is 8. The van der Waals surface area contributed by atoms with Gasteiger partial charge >= 0.3 is 0 Å². The Labute approximate surface area is 183 Å². The van der Waals surface area contributed by atoms with Gasteiger partial charge in [-0.05, 0) is 49.2 Å². The molecule has 0 saturated heterocycles. The lowest BCUT2D eigenvalue weighted by Gasteiger charge is -2.06. The van der Waals surface area contributed by atoms with Crippen molar-refractivity contribution in [3.63, 3.8) is 0 Å². The van der Waals surface area contributed by atoms with Gasteiger partial charge in [0.25, 0.3) is 0 Å². The summed E-state index contributed by atoms with van der Waals surface area (Å²) in [5.41, 5.74) is 5.09. The molecule has 0 fully saturated rings. The Morgan fingerprint density at radius 3 is 2.87 bits per heavy atom. The summed E-state index contributed by atoms with van der Waals surface area (Å²) >= 11 is 1.51. The second kappa shape index (κ2) is 9.22. The summed E-state index contributed by atoms with van der Waals surface area (Å²) in [4.78, 5) is 24.5. The minimum absolute atomic E-state index is 0.129. The molecular formula is C22H23N5O3S. The molecular weight excluding hydrogens is 414 g/mol. The number of thioether (sulfide) groups is 1. The third-order valence-electron chi connectivity index (χ3n) is 4.84. The average molecular weight is 438 g/mol. The lowest BCUT2D eigenvalue weighted by atomic mass is 10.1. The summed E-state index contributed by atoms with van der Waals surface area (Å²) in [5, 5.41) is 7.65. The highest BCUT2D eigenvalue weighted by atomic mass is 32.2. The van der Waals surface area contributed by atoms with E-state index in [9.17, 15) is 4.79 Å². The normalized spacial score (nSPS) is 11.1. The zero-order chi connectivity index (χ0) is 21.8. The summed E-state index contributed by atoms with van der Waals surface area (Å²) < 4.78 is 10.4. The van der Waals surface area contributed by atoms with Crippen LogP contribution in [-0.2, 0) is 17.0 Å². The maximum Gasteiger partial charge on any atom is 0.227 e. The van der Waals surface area contributed by atoms with E-state index in [0.29, 0.717) is 35.3 Å². The fourth-order valence-corrected chi connectivity index (χ4v) is 3.77. The molecule has 2 aromatic carbocycles. The van der Waals surface area contributed by atoms with Crippen LogP contribution in [0.15, 0.2) is 46.1 Å². The summed E-state index contributed by atoms with van der Waals surface area (Å²) in [5.74, 6) is 2.09. The van der Waals surface area contributed by atoms with Gasteiger partial charge in [0.1, 0.15) is 5.75 Å². The molecule has 4 aromatic rings. The van der Waals surface area contributed by atoms with E-state index in [1.165, 1.54) is 22.9 Å². The number of H-pyrrole nitrogens is 1. The number of nitrogens with one attached hydrogen (secondary N) is 2. The van der Waals surface area contributed by atoms with Crippen LogP contribution in [0.3, 0.4) is 0 Å². The lowest BCUT2D eigenvalue weighted by molar-refractivity contribution is -0.116. The van der Waals surface area contributed by atoms with Gasteiger partial charge in [0.2, 0.25) is 11.8 Å².